The molecule has 1 aromatic heterocycles. The van der Waals surface area contributed by atoms with E-state index in [1.54, 1.807) is 21.3 Å². The third kappa shape index (κ3) is 6.43. The maximum Gasteiger partial charge on any atom is 0.226 e. The highest BCUT2D eigenvalue weighted by Crippen LogP contribution is 2.40. The highest BCUT2D eigenvalue weighted by Gasteiger charge is 2.17. The third-order valence-corrected chi connectivity index (χ3v) is 4.89. The number of hydrogen-bond donors (Lipinski definition) is 0. The van der Waals surface area contributed by atoms with Crippen LogP contribution in [0.25, 0.3) is 11.4 Å². The van der Waals surface area contributed by atoms with E-state index in [9.17, 15) is 0 Å². The van der Waals surface area contributed by atoms with Gasteiger partial charge in [-0.05, 0) is 18.6 Å². The molecule has 0 fully saturated rings. The van der Waals surface area contributed by atoms with Gasteiger partial charge < -0.3 is 18.7 Å². The maximum absolute atomic E-state index is 5.42. The summed E-state index contributed by atoms with van der Waals surface area (Å²) in [4.78, 5) is 4.52. The number of rotatable bonds is 14. The molecular formula is C22H34N2O4. The number of ether oxygens (including phenoxy) is 3. The molecule has 0 N–H and O–H groups in total. The largest absolute Gasteiger partial charge is 0.493 e. The Hall–Kier alpha value is -2.24. The molecule has 1 aromatic carbocycles. The molecule has 0 atom stereocenters. The summed E-state index contributed by atoms with van der Waals surface area (Å²) in [5.41, 5.74) is 0.775. The molecule has 0 aliphatic heterocycles. The molecule has 2 rings (SSSR count). The third-order valence-electron chi connectivity index (χ3n) is 4.89. The van der Waals surface area contributed by atoms with Crippen molar-refractivity contribution >= 4 is 0 Å². The van der Waals surface area contributed by atoms with Crippen molar-refractivity contribution in [3.8, 4) is 28.6 Å². The minimum atomic E-state index is 0.533. The van der Waals surface area contributed by atoms with Crippen molar-refractivity contribution in [1.82, 2.24) is 10.1 Å². The number of hydrogen-bond acceptors (Lipinski definition) is 6. The number of methoxy groups -OCH3 is 3. The Morgan fingerprint density at radius 3 is 1.89 bits per heavy atom. The normalized spacial score (nSPS) is 10.9. The molecule has 0 bridgehead atoms. The highest BCUT2D eigenvalue weighted by atomic mass is 16.5. The molecule has 0 amide bonds. The Morgan fingerprint density at radius 1 is 0.786 bits per heavy atom. The monoisotopic (exact) mass is 390 g/mol. The van der Waals surface area contributed by atoms with Crippen LogP contribution in [0.15, 0.2) is 16.7 Å². The molecule has 28 heavy (non-hydrogen) atoms. The van der Waals surface area contributed by atoms with Gasteiger partial charge in [0.05, 0.1) is 21.3 Å². The van der Waals surface area contributed by atoms with Crippen LogP contribution in [0, 0.1) is 0 Å². The quantitative estimate of drug-likeness (QED) is 0.378. The molecule has 6 heteroatoms. The van der Waals surface area contributed by atoms with E-state index >= 15 is 0 Å². The van der Waals surface area contributed by atoms with Crippen LogP contribution in [-0.4, -0.2) is 31.5 Å². The standard InChI is InChI=1S/C22H34N2O4/c1-5-6-7-8-9-10-11-12-13-14-20-23-22(24-28-20)17-15-18(25-2)21(27-4)19(16-17)26-3/h15-16H,5-14H2,1-4H3. The molecular weight excluding hydrogens is 356 g/mol. The summed E-state index contributed by atoms with van der Waals surface area (Å²) in [7, 11) is 4.76. The summed E-state index contributed by atoms with van der Waals surface area (Å²) in [6.07, 6.45) is 12.5. The van der Waals surface area contributed by atoms with Crippen LogP contribution < -0.4 is 14.2 Å². The zero-order chi connectivity index (χ0) is 20.2. The molecule has 0 aliphatic rings. The van der Waals surface area contributed by atoms with E-state index in [1.807, 2.05) is 12.1 Å². The van der Waals surface area contributed by atoms with Crippen molar-refractivity contribution in [2.75, 3.05) is 21.3 Å². The first kappa shape index (κ1) is 22.1. The molecule has 6 nitrogen and oxygen atoms in total. The lowest BCUT2D eigenvalue weighted by molar-refractivity contribution is 0.324. The van der Waals surface area contributed by atoms with Crippen LogP contribution in [0.1, 0.15) is 70.6 Å². The first-order chi connectivity index (χ1) is 13.7. The number of aromatic nitrogens is 2. The van der Waals surface area contributed by atoms with Gasteiger partial charge in [-0.2, -0.15) is 4.98 Å². The van der Waals surface area contributed by atoms with E-state index < -0.39 is 0 Å². The van der Waals surface area contributed by atoms with Crippen LogP contribution >= 0.6 is 0 Å². The van der Waals surface area contributed by atoms with Gasteiger partial charge in [-0.1, -0.05) is 63.4 Å². The van der Waals surface area contributed by atoms with Gasteiger partial charge in [0.2, 0.25) is 17.5 Å². The molecule has 0 saturated heterocycles. The minimum Gasteiger partial charge on any atom is -0.493 e. The zero-order valence-corrected chi connectivity index (χ0v) is 17.8. The first-order valence-corrected chi connectivity index (χ1v) is 10.4. The molecule has 0 aliphatic carbocycles. The van der Waals surface area contributed by atoms with Crippen molar-refractivity contribution in [2.45, 2.75) is 71.1 Å². The van der Waals surface area contributed by atoms with Crippen LogP contribution in [0.2, 0.25) is 0 Å². The molecule has 0 radical (unpaired) electrons. The summed E-state index contributed by atoms with van der Waals surface area (Å²) < 4.78 is 21.6. The van der Waals surface area contributed by atoms with E-state index in [0.29, 0.717) is 29.0 Å². The van der Waals surface area contributed by atoms with Gasteiger partial charge in [0.25, 0.3) is 0 Å². The van der Waals surface area contributed by atoms with E-state index in [-0.39, 0.29) is 0 Å². The predicted octanol–water partition coefficient (Wildman–Crippen LogP) is 5.84. The SMILES string of the molecule is CCCCCCCCCCCc1nc(-c2cc(OC)c(OC)c(OC)c2)no1. The molecule has 0 saturated carbocycles. The predicted molar refractivity (Wildman–Crippen MR) is 110 cm³/mol. The van der Waals surface area contributed by atoms with Gasteiger partial charge in [0.1, 0.15) is 0 Å². The number of unbranched alkanes of at least 4 members (excludes halogenated alkanes) is 8. The van der Waals surface area contributed by atoms with E-state index in [4.69, 9.17) is 18.7 Å². The zero-order valence-electron chi connectivity index (χ0n) is 17.8. The van der Waals surface area contributed by atoms with E-state index in [1.165, 1.54) is 51.4 Å². The second-order valence-corrected chi connectivity index (χ2v) is 7.00. The van der Waals surface area contributed by atoms with Crippen LogP contribution in [-0.2, 0) is 6.42 Å². The van der Waals surface area contributed by atoms with Gasteiger partial charge >= 0.3 is 0 Å². The minimum absolute atomic E-state index is 0.533. The Kier molecular flexibility index (Phi) is 9.66. The number of nitrogens with zero attached hydrogens (tertiary/aromatic N) is 2. The van der Waals surface area contributed by atoms with E-state index in [0.717, 1.165) is 18.4 Å². The fraction of sp³-hybridized carbons (Fsp3) is 0.636. The molecule has 0 spiro atoms. The van der Waals surface area contributed by atoms with Crippen molar-refractivity contribution < 1.29 is 18.7 Å². The summed E-state index contributed by atoms with van der Waals surface area (Å²) in [6, 6.07) is 3.66. The van der Waals surface area contributed by atoms with E-state index in [2.05, 4.69) is 17.1 Å². The fourth-order valence-corrected chi connectivity index (χ4v) is 3.27. The van der Waals surface area contributed by atoms with Gasteiger partial charge in [0.15, 0.2) is 11.5 Å². The lowest BCUT2D eigenvalue weighted by Crippen LogP contribution is -1.96. The smallest absolute Gasteiger partial charge is 0.226 e. The second-order valence-electron chi connectivity index (χ2n) is 7.00. The van der Waals surface area contributed by atoms with Gasteiger partial charge in [-0.15, -0.1) is 0 Å². The van der Waals surface area contributed by atoms with Crippen LogP contribution in [0.3, 0.4) is 0 Å². The fourth-order valence-electron chi connectivity index (χ4n) is 3.27. The first-order valence-electron chi connectivity index (χ1n) is 10.4. The van der Waals surface area contributed by atoms with Crippen molar-refractivity contribution in [2.24, 2.45) is 0 Å². The second kappa shape index (κ2) is 12.3. The summed E-state index contributed by atoms with van der Waals surface area (Å²) in [5, 5.41) is 4.11. The van der Waals surface area contributed by atoms with Crippen molar-refractivity contribution in [1.29, 1.82) is 0 Å². The average molecular weight is 391 g/mol. The Labute approximate surface area is 168 Å². The van der Waals surface area contributed by atoms with Gasteiger partial charge in [0, 0.05) is 12.0 Å². The number of aryl methyl sites for hydroxylation is 1. The van der Waals surface area contributed by atoms with Crippen LogP contribution in [0.5, 0.6) is 17.2 Å². The summed E-state index contributed by atoms with van der Waals surface area (Å²) >= 11 is 0. The van der Waals surface area contributed by atoms with Crippen molar-refractivity contribution in [3.63, 3.8) is 0 Å². The molecule has 0 unspecified atom stereocenters. The van der Waals surface area contributed by atoms with Crippen molar-refractivity contribution in [3.05, 3.63) is 18.0 Å². The molecule has 2 aromatic rings. The summed E-state index contributed by atoms with van der Waals surface area (Å²) in [6.45, 7) is 2.25. The van der Waals surface area contributed by atoms with Gasteiger partial charge in [-0.3, -0.25) is 0 Å². The van der Waals surface area contributed by atoms with Gasteiger partial charge in [-0.25, -0.2) is 0 Å². The Balaban J connectivity index is 1.84. The Morgan fingerprint density at radius 2 is 1.36 bits per heavy atom. The topological polar surface area (TPSA) is 66.6 Å². The highest BCUT2D eigenvalue weighted by molar-refractivity contribution is 5.66. The molecule has 156 valence electrons. The van der Waals surface area contributed by atoms with Crippen LogP contribution in [0.4, 0.5) is 0 Å². The average Bonchev–Trinajstić information content (AvgIpc) is 3.20. The summed E-state index contributed by atoms with van der Waals surface area (Å²) in [5.74, 6) is 2.90. The lowest BCUT2D eigenvalue weighted by atomic mass is 10.1. The molecule has 1 heterocycles. The lowest BCUT2D eigenvalue weighted by Gasteiger charge is -2.12. The Bertz CT molecular complexity index is 675. The number of benzene rings is 1. The maximum atomic E-state index is 5.42.